The van der Waals surface area contributed by atoms with Crippen LogP contribution < -0.4 is 10.6 Å². The molecule has 0 aliphatic heterocycles. The Hall–Kier alpha value is -1.18. The number of hydrogen-bond donors (Lipinski definition) is 2. The van der Waals surface area contributed by atoms with E-state index in [2.05, 4.69) is 43.5 Å². The van der Waals surface area contributed by atoms with E-state index in [0.29, 0.717) is 38.1 Å². The van der Waals surface area contributed by atoms with Gasteiger partial charge in [-0.15, -0.1) is 12.4 Å². The first-order valence-electron chi connectivity index (χ1n) is 19.2. The third kappa shape index (κ3) is 19.0. The summed E-state index contributed by atoms with van der Waals surface area (Å²) in [5, 5.41) is 6.42. The molecule has 0 aromatic carbocycles. The van der Waals surface area contributed by atoms with Crippen LogP contribution in [0.15, 0.2) is 0 Å². The van der Waals surface area contributed by atoms with Crippen LogP contribution in [0.25, 0.3) is 0 Å². The van der Waals surface area contributed by atoms with E-state index in [9.17, 15) is 14.4 Å². The van der Waals surface area contributed by atoms with E-state index >= 15 is 0 Å². The molecule has 0 heterocycles. The highest BCUT2D eigenvalue weighted by molar-refractivity contribution is 5.86. The van der Waals surface area contributed by atoms with Crippen molar-refractivity contribution in [3.8, 4) is 0 Å². The summed E-state index contributed by atoms with van der Waals surface area (Å²) in [6.45, 7) is 14.8. The van der Waals surface area contributed by atoms with Crippen molar-refractivity contribution in [1.82, 2.24) is 15.5 Å². The zero-order valence-corrected chi connectivity index (χ0v) is 33.3. The number of unbranched alkanes of at least 4 members (excludes halogenated alkanes) is 9. The molecule has 1 fully saturated rings. The molecular weight excluding hydrogens is 608 g/mol. The van der Waals surface area contributed by atoms with Crippen LogP contribution in [0.2, 0.25) is 0 Å². The van der Waals surface area contributed by atoms with Gasteiger partial charge in [0.05, 0.1) is 27.2 Å². The minimum atomic E-state index is -0.726. The summed E-state index contributed by atoms with van der Waals surface area (Å²) in [5.41, 5.74) is -1.43. The highest BCUT2D eigenvalue weighted by atomic mass is 35.5. The lowest BCUT2D eigenvalue weighted by molar-refractivity contribution is -0.890. The molecule has 2 amide bonds. The van der Waals surface area contributed by atoms with Gasteiger partial charge >= 0.3 is 0 Å². The standard InChI is InChI=1S/C39H76N4O3.ClH/c1-10-12-13-14-15-16-17-18-19-20-29-43(8,9)30-23-27-40-36(45)38(3,4)32-39(5,37(46)41-26-22-28-42(6)7)31-33(11-2)34-24-21-25-35(34)44;/h33-34H,10-32H2,1-9H3,(H-,40,41,45,46);1H/p+1. The summed E-state index contributed by atoms with van der Waals surface area (Å²) in [5.74, 6) is 0.602. The van der Waals surface area contributed by atoms with Gasteiger partial charge in [0, 0.05) is 42.7 Å². The van der Waals surface area contributed by atoms with Crippen molar-refractivity contribution < 1.29 is 18.9 Å². The maximum atomic E-state index is 13.8. The van der Waals surface area contributed by atoms with Crippen LogP contribution in [0.5, 0.6) is 0 Å². The van der Waals surface area contributed by atoms with Crippen LogP contribution in [-0.4, -0.2) is 87.9 Å². The van der Waals surface area contributed by atoms with Gasteiger partial charge in [-0.3, -0.25) is 14.4 Å². The highest BCUT2D eigenvalue weighted by Gasteiger charge is 2.45. The van der Waals surface area contributed by atoms with E-state index in [4.69, 9.17) is 0 Å². The second-order valence-electron chi connectivity index (χ2n) is 16.5. The van der Waals surface area contributed by atoms with Gasteiger partial charge in [0.1, 0.15) is 5.78 Å². The number of nitrogens with zero attached hydrogens (tertiary/aromatic N) is 2. The molecule has 47 heavy (non-hydrogen) atoms. The third-order valence-corrected chi connectivity index (χ3v) is 10.6. The first-order chi connectivity index (χ1) is 21.7. The number of carbonyl (C=O) groups is 3. The fraction of sp³-hybridized carbons (Fsp3) is 0.923. The van der Waals surface area contributed by atoms with Gasteiger partial charge in [0.15, 0.2) is 0 Å². The lowest BCUT2D eigenvalue weighted by atomic mass is 9.66. The molecule has 1 aliphatic rings. The van der Waals surface area contributed by atoms with E-state index < -0.39 is 10.8 Å². The predicted octanol–water partition coefficient (Wildman–Crippen LogP) is 8.19. The van der Waals surface area contributed by atoms with Crippen molar-refractivity contribution in [2.75, 3.05) is 60.9 Å². The molecule has 0 bridgehead atoms. The lowest BCUT2D eigenvalue weighted by Gasteiger charge is -2.39. The summed E-state index contributed by atoms with van der Waals surface area (Å²) in [6.07, 6.45) is 19.9. The smallest absolute Gasteiger partial charge is 0.225 e. The van der Waals surface area contributed by atoms with E-state index in [1.807, 2.05) is 34.9 Å². The minimum absolute atomic E-state index is 0. The normalized spacial score (nSPS) is 17.3. The first-order valence-corrected chi connectivity index (χ1v) is 19.2. The van der Waals surface area contributed by atoms with E-state index in [1.165, 1.54) is 70.8 Å². The summed E-state index contributed by atoms with van der Waals surface area (Å²) in [4.78, 5) is 42.2. The van der Waals surface area contributed by atoms with Crippen molar-refractivity contribution in [3.05, 3.63) is 0 Å². The number of nitrogens with one attached hydrogen (secondary N) is 2. The topological polar surface area (TPSA) is 78.5 Å². The van der Waals surface area contributed by atoms with Crippen molar-refractivity contribution in [2.45, 2.75) is 150 Å². The summed E-state index contributed by atoms with van der Waals surface area (Å²) < 4.78 is 0.987. The molecule has 2 N–H and O–H groups in total. The maximum absolute atomic E-state index is 13.8. The lowest BCUT2D eigenvalue weighted by Crippen LogP contribution is -2.48. The van der Waals surface area contributed by atoms with Crippen LogP contribution in [0.3, 0.4) is 0 Å². The molecular formula is C39H78ClN4O3+. The van der Waals surface area contributed by atoms with Gasteiger partial charge in [0.25, 0.3) is 0 Å². The maximum Gasteiger partial charge on any atom is 0.225 e. The molecule has 0 aromatic rings. The SMILES string of the molecule is CCCCCCCCCCCC[N+](C)(C)CCCNC(=O)C(C)(C)CC(C)(CC(CC)C1CCCC1=O)C(=O)NCCCN(C)C.Cl. The first kappa shape index (κ1) is 45.8. The highest BCUT2D eigenvalue weighted by Crippen LogP contribution is 2.44. The molecule has 0 radical (unpaired) electrons. The van der Waals surface area contributed by atoms with Gasteiger partial charge in [0.2, 0.25) is 11.8 Å². The number of quaternary nitrogens is 1. The van der Waals surface area contributed by atoms with Crippen LogP contribution >= 0.6 is 12.4 Å². The van der Waals surface area contributed by atoms with Gasteiger partial charge in [-0.2, -0.15) is 0 Å². The Labute approximate surface area is 297 Å². The molecule has 0 spiro atoms. The van der Waals surface area contributed by atoms with Crippen molar-refractivity contribution >= 4 is 30.0 Å². The van der Waals surface area contributed by atoms with Crippen LogP contribution in [-0.2, 0) is 14.4 Å². The Morgan fingerprint density at radius 1 is 0.830 bits per heavy atom. The zero-order chi connectivity index (χ0) is 34.6. The average molecular weight is 687 g/mol. The van der Waals surface area contributed by atoms with Gasteiger partial charge in [-0.25, -0.2) is 0 Å². The number of ketones is 1. The third-order valence-electron chi connectivity index (χ3n) is 10.6. The molecule has 1 saturated carbocycles. The summed E-state index contributed by atoms with van der Waals surface area (Å²) >= 11 is 0. The fourth-order valence-corrected chi connectivity index (χ4v) is 7.69. The Morgan fingerprint density at radius 3 is 1.89 bits per heavy atom. The molecule has 0 aromatic heterocycles. The Balaban J connectivity index is 0.0000212. The van der Waals surface area contributed by atoms with Crippen molar-refractivity contribution in [1.29, 1.82) is 0 Å². The Morgan fingerprint density at radius 2 is 1.36 bits per heavy atom. The van der Waals surface area contributed by atoms with E-state index in [-0.39, 0.29) is 36.1 Å². The molecule has 7 nitrogen and oxygen atoms in total. The van der Waals surface area contributed by atoms with E-state index in [0.717, 1.165) is 49.7 Å². The van der Waals surface area contributed by atoms with Crippen molar-refractivity contribution in [3.63, 3.8) is 0 Å². The van der Waals surface area contributed by atoms with Gasteiger partial charge < -0.3 is 20.0 Å². The van der Waals surface area contributed by atoms with Crippen molar-refractivity contribution in [2.24, 2.45) is 22.7 Å². The second-order valence-corrected chi connectivity index (χ2v) is 16.5. The number of amides is 2. The quantitative estimate of drug-likeness (QED) is 0.0675. The number of carbonyl (C=O) groups excluding carboxylic acids is 3. The fourth-order valence-electron chi connectivity index (χ4n) is 7.69. The zero-order valence-electron chi connectivity index (χ0n) is 32.4. The molecule has 1 rings (SSSR count). The number of hydrogen-bond acceptors (Lipinski definition) is 4. The number of halogens is 1. The van der Waals surface area contributed by atoms with E-state index in [1.54, 1.807) is 0 Å². The predicted molar refractivity (Wildman–Crippen MR) is 202 cm³/mol. The molecule has 0 saturated heterocycles. The van der Waals surface area contributed by atoms with Crippen LogP contribution in [0.1, 0.15) is 150 Å². The second kappa shape index (κ2) is 24.1. The monoisotopic (exact) mass is 686 g/mol. The molecule has 3 unspecified atom stereocenters. The molecule has 1 aliphatic carbocycles. The van der Waals surface area contributed by atoms with Crippen LogP contribution in [0, 0.1) is 22.7 Å². The summed E-state index contributed by atoms with van der Waals surface area (Å²) in [7, 11) is 8.69. The van der Waals surface area contributed by atoms with Crippen LogP contribution in [0.4, 0.5) is 0 Å². The number of rotatable bonds is 27. The molecule has 3 atom stereocenters. The number of Topliss-reactive ketones (excluding diaryl/α,β-unsaturated/α-hetero) is 1. The largest absolute Gasteiger partial charge is 0.356 e. The van der Waals surface area contributed by atoms with Gasteiger partial charge in [-0.1, -0.05) is 92.4 Å². The Bertz CT molecular complexity index is 878. The average Bonchev–Trinajstić information content (AvgIpc) is 3.42. The Kier molecular flexibility index (Phi) is 23.4. The molecule has 8 heteroatoms. The van der Waals surface area contributed by atoms with Gasteiger partial charge in [-0.05, 0) is 71.5 Å². The summed E-state index contributed by atoms with van der Waals surface area (Å²) in [6, 6.07) is 0. The minimum Gasteiger partial charge on any atom is -0.356 e. The molecule has 278 valence electrons.